The number of allylic oxidation sites excluding steroid dienone is 1. The molecule has 6 nitrogen and oxygen atoms in total. The van der Waals surface area contributed by atoms with Gasteiger partial charge in [-0.3, -0.25) is 8.97 Å². The van der Waals surface area contributed by atoms with Crippen molar-refractivity contribution in [2.24, 2.45) is 0 Å². The van der Waals surface area contributed by atoms with Crippen LogP contribution in [-0.2, 0) is 6.42 Å². The largest absolute Gasteiger partial charge is 0.313 e. The standard InChI is InChI=1S/C53H34N6/c1-3-15-33(16-4-1)49-52(56-50-39-21-9-13-25-45(39)59-48-26-14-10-22-42(48)54-53(59)51(50)55-49)58-44-24-12-8-20-38(44)41-32-35(28-30-47(41)58)34-27-29-46-40(31-34)37-19-7-11-23-43(37)57(46)36-17-5-2-6-18-36/h1-10,12-22,24-32H,11,23H2. The number of para-hydroxylation sites is 5. The molecule has 0 spiro atoms. The maximum atomic E-state index is 5.66. The van der Waals surface area contributed by atoms with Crippen molar-refractivity contribution in [2.75, 3.05) is 0 Å². The molecule has 13 rings (SSSR count). The van der Waals surface area contributed by atoms with E-state index in [1.807, 2.05) is 12.1 Å². The maximum absolute atomic E-state index is 5.66. The summed E-state index contributed by atoms with van der Waals surface area (Å²) in [6.07, 6.45) is 6.71. The second-order valence-corrected chi connectivity index (χ2v) is 15.5. The Bertz CT molecular complexity index is 3720. The number of rotatable bonds is 4. The summed E-state index contributed by atoms with van der Waals surface area (Å²) in [4.78, 5) is 16.4. The van der Waals surface area contributed by atoms with Crippen LogP contribution in [0, 0.1) is 0 Å². The van der Waals surface area contributed by atoms with E-state index in [2.05, 4.69) is 183 Å². The quantitative estimate of drug-likeness (QED) is 0.168. The zero-order valence-corrected chi connectivity index (χ0v) is 31.9. The normalized spacial score (nSPS) is 12.9. The van der Waals surface area contributed by atoms with Crippen LogP contribution in [0.3, 0.4) is 0 Å². The van der Waals surface area contributed by atoms with E-state index in [-0.39, 0.29) is 0 Å². The van der Waals surface area contributed by atoms with Crippen LogP contribution in [0.5, 0.6) is 0 Å². The van der Waals surface area contributed by atoms with Gasteiger partial charge < -0.3 is 4.57 Å². The number of pyridine rings is 1. The Kier molecular flexibility index (Phi) is 6.75. The lowest BCUT2D eigenvalue weighted by Gasteiger charge is -2.15. The molecule has 0 fully saturated rings. The van der Waals surface area contributed by atoms with E-state index in [9.17, 15) is 0 Å². The van der Waals surface area contributed by atoms with Gasteiger partial charge in [0, 0.05) is 44.1 Å². The Morgan fingerprint density at radius 2 is 1.08 bits per heavy atom. The Morgan fingerprint density at radius 1 is 0.441 bits per heavy atom. The Balaban J connectivity index is 1.07. The van der Waals surface area contributed by atoms with E-state index in [1.54, 1.807) is 0 Å². The monoisotopic (exact) mass is 754 g/mol. The average Bonchev–Trinajstić information content (AvgIpc) is 3.97. The Labute approximate surface area is 338 Å². The summed E-state index contributed by atoms with van der Waals surface area (Å²) in [7, 11) is 0. The average molecular weight is 755 g/mol. The van der Waals surface area contributed by atoms with Crippen molar-refractivity contribution in [2.45, 2.75) is 12.8 Å². The van der Waals surface area contributed by atoms with Gasteiger partial charge in [0.05, 0.1) is 33.1 Å². The molecule has 0 bridgehead atoms. The number of aromatic nitrogens is 6. The molecule has 1 aliphatic carbocycles. The van der Waals surface area contributed by atoms with Crippen LogP contribution in [0.1, 0.15) is 17.7 Å². The Morgan fingerprint density at radius 3 is 1.90 bits per heavy atom. The van der Waals surface area contributed by atoms with Crippen LogP contribution in [0.4, 0.5) is 0 Å². The number of hydrogen-bond acceptors (Lipinski definition) is 3. The fourth-order valence-electron chi connectivity index (χ4n) is 9.67. The van der Waals surface area contributed by atoms with Crippen molar-refractivity contribution in [3.8, 4) is 33.9 Å². The molecule has 276 valence electrons. The summed E-state index contributed by atoms with van der Waals surface area (Å²) in [5, 5.41) is 4.65. The number of nitrogens with zero attached hydrogens (tertiary/aromatic N) is 6. The van der Waals surface area contributed by atoms with Crippen LogP contribution >= 0.6 is 0 Å². The summed E-state index contributed by atoms with van der Waals surface area (Å²) in [6, 6.07) is 60.5. The predicted molar refractivity (Wildman–Crippen MR) is 243 cm³/mol. The van der Waals surface area contributed by atoms with Gasteiger partial charge >= 0.3 is 0 Å². The molecule has 1 aliphatic rings. The number of imidazole rings is 1. The Hall–Kier alpha value is -7.83. The van der Waals surface area contributed by atoms with Crippen molar-refractivity contribution >= 4 is 77.4 Å². The lowest BCUT2D eigenvalue weighted by molar-refractivity contribution is 0.888. The first kappa shape index (κ1) is 32.3. The van der Waals surface area contributed by atoms with Crippen LogP contribution < -0.4 is 0 Å². The number of hydrogen-bond donors (Lipinski definition) is 0. The molecule has 0 amide bonds. The second-order valence-electron chi connectivity index (χ2n) is 15.5. The lowest BCUT2D eigenvalue weighted by Crippen LogP contribution is -2.05. The van der Waals surface area contributed by atoms with Gasteiger partial charge in [0.25, 0.3) is 0 Å². The molecule has 0 N–H and O–H groups in total. The minimum atomic E-state index is 0.777. The van der Waals surface area contributed by atoms with Crippen molar-refractivity contribution in [1.29, 1.82) is 0 Å². The van der Waals surface area contributed by atoms with Crippen molar-refractivity contribution < 1.29 is 0 Å². The fraction of sp³-hybridized carbons (Fsp3) is 0.0377. The van der Waals surface area contributed by atoms with Gasteiger partial charge in [-0.15, -0.1) is 0 Å². The van der Waals surface area contributed by atoms with E-state index in [0.717, 1.165) is 79.6 Å². The molecule has 0 aliphatic heterocycles. The van der Waals surface area contributed by atoms with E-state index >= 15 is 0 Å². The molecule has 5 aromatic heterocycles. The minimum Gasteiger partial charge on any atom is -0.313 e. The molecule has 7 aromatic carbocycles. The first-order valence-electron chi connectivity index (χ1n) is 20.3. The third-order valence-corrected chi connectivity index (χ3v) is 12.3. The topological polar surface area (TPSA) is 52.9 Å². The molecule has 0 radical (unpaired) electrons. The van der Waals surface area contributed by atoms with Crippen LogP contribution in [0.2, 0.25) is 0 Å². The first-order chi connectivity index (χ1) is 29.3. The molecule has 0 saturated heterocycles. The van der Waals surface area contributed by atoms with Crippen LogP contribution in [0.25, 0.3) is 111 Å². The fourth-order valence-corrected chi connectivity index (χ4v) is 9.67. The van der Waals surface area contributed by atoms with E-state index in [1.165, 1.54) is 49.7 Å². The minimum absolute atomic E-state index is 0.777. The van der Waals surface area contributed by atoms with E-state index in [4.69, 9.17) is 15.0 Å². The van der Waals surface area contributed by atoms with Gasteiger partial charge in [-0.25, -0.2) is 15.0 Å². The van der Waals surface area contributed by atoms with E-state index in [0.29, 0.717) is 0 Å². The zero-order chi connectivity index (χ0) is 38.6. The molecular formula is C53H34N6. The zero-order valence-electron chi connectivity index (χ0n) is 31.9. The van der Waals surface area contributed by atoms with Crippen molar-refractivity contribution in [1.82, 2.24) is 28.5 Å². The molecule has 59 heavy (non-hydrogen) atoms. The first-order valence-corrected chi connectivity index (χ1v) is 20.3. The summed E-state index contributed by atoms with van der Waals surface area (Å²) in [6.45, 7) is 0. The molecular weight excluding hydrogens is 721 g/mol. The van der Waals surface area contributed by atoms with Crippen molar-refractivity contribution in [3.63, 3.8) is 0 Å². The van der Waals surface area contributed by atoms with E-state index < -0.39 is 0 Å². The summed E-state index contributed by atoms with van der Waals surface area (Å²) in [5.41, 5.74) is 16.9. The van der Waals surface area contributed by atoms with Crippen LogP contribution in [-0.4, -0.2) is 28.5 Å². The lowest BCUT2D eigenvalue weighted by atomic mass is 9.98. The van der Waals surface area contributed by atoms with Gasteiger partial charge in [-0.05, 0) is 84.6 Å². The third kappa shape index (κ3) is 4.65. The highest BCUT2D eigenvalue weighted by Crippen LogP contribution is 2.41. The van der Waals surface area contributed by atoms with Gasteiger partial charge in [0.2, 0.25) is 0 Å². The number of fused-ring (bicyclic) bond motifs is 14. The van der Waals surface area contributed by atoms with Gasteiger partial charge in [0.15, 0.2) is 11.5 Å². The summed E-state index contributed by atoms with van der Waals surface area (Å²) >= 11 is 0. The summed E-state index contributed by atoms with van der Waals surface area (Å²) in [5.74, 6) is 0.787. The highest BCUT2D eigenvalue weighted by atomic mass is 15.1. The number of benzene rings is 7. The maximum Gasteiger partial charge on any atom is 0.166 e. The molecule has 6 heteroatoms. The van der Waals surface area contributed by atoms with Gasteiger partial charge in [-0.2, -0.15) is 0 Å². The van der Waals surface area contributed by atoms with Crippen LogP contribution in [0.15, 0.2) is 176 Å². The molecule has 0 saturated carbocycles. The predicted octanol–water partition coefficient (Wildman–Crippen LogP) is 12.9. The molecule has 0 unspecified atom stereocenters. The van der Waals surface area contributed by atoms with Crippen molar-refractivity contribution in [3.05, 3.63) is 187 Å². The summed E-state index contributed by atoms with van der Waals surface area (Å²) < 4.78 is 7.00. The molecule has 0 atom stereocenters. The second kappa shape index (κ2) is 12.3. The highest BCUT2D eigenvalue weighted by Gasteiger charge is 2.24. The third-order valence-electron chi connectivity index (χ3n) is 12.3. The highest BCUT2D eigenvalue weighted by molar-refractivity contribution is 6.13. The molecule has 5 heterocycles. The van der Waals surface area contributed by atoms with Gasteiger partial charge in [-0.1, -0.05) is 121 Å². The molecule has 12 aromatic rings. The smallest absolute Gasteiger partial charge is 0.166 e. The SMILES string of the molecule is C1=Cc2c(n(-c3ccccc3)c3ccc(-c4ccc5c(c4)c4ccccc4n5-c4nc5c6ccccc6n6c7ccccc7nc6c5nc4-c4ccccc4)cc23)CC1. The van der Waals surface area contributed by atoms with Gasteiger partial charge in [0.1, 0.15) is 16.7 Å².